The first-order valence-electron chi connectivity index (χ1n) is 7.18. The van der Waals surface area contributed by atoms with Crippen molar-refractivity contribution in [3.05, 3.63) is 33.7 Å². The molecule has 3 heterocycles. The van der Waals surface area contributed by atoms with Gasteiger partial charge in [0.25, 0.3) is 0 Å². The summed E-state index contributed by atoms with van der Waals surface area (Å²) in [6, 6.07) is 3.55. The molecule has 122 valence electrons. The number of hydrogen-bond acceptors (Lipinski definition) is 6. The van der Waals surface area contributed by atoms with Crippen LogP contribution >= 0.6 is 0 Å². The zero-order valence-electron chi connectivity index (χ0n) is 13.1. The van der Waals surface area contributed by atoms with Gasteiger partial charge in [0.15, 0.2) is 0 Å². The largest absolute Gasteiger partial charge is 0.445 e. The molecule has 1 amide bonds. The highest BCUT2D eigenvalue weighted by Gasteiger charge is 2.34. The number of aromatic nitrogens is 2. The van der Waals surface area contributed by atoms with Crippen molar-refractivity contribution in [3.63, 3.8) is 0 Å². The molecule has 0 spiro atoms. The summed E-state index contributed by atoms with van der Waals surface area (Å²) in [6.45, 7) is 4.30. The van der Waals surface area contributed by atoms with Gasteiger partial charge in [0.1, 0.15) is 11.5 Å². The zero-order valence-corrected chi connectivity index (χ0v) is 13.1. The third-order valence-corrected chi connectivity index (χ3v) is 3.86. The minimum atomic E-state index is -0.454. The molecule has 3 rings (SSSR count). The lowest BCUT2D eigenvalue weighted by Gasteiger charge is -2.33. The number of aryl methyl sites for hydroxylation is 3. The summed E-state index contributed by atoms with van der Waals surface area (Å²) < 4.78 is 6.94. The van der Waals surface area contributed by atoms with Crippen LogP contribution in [0.25, 0.3) is 0 Å². The molecule has 2 aromatic rings. The van der Waals surface area contributed by atoms with E-state index in [-0.39, 0.29) is 18.1 Å². The Morgan fingerprint density at radius 1 is 1.30 bits per heavy atom. The maximum absolute atomic E-state index is 12.4. The van der Waals surface area contributed by atoms with Gasteiger partial charge in [-0.25, -0.2) is 4.68 Å². The molecule has 0 saturated carbocycles. The maximum atomic E-state index is 12.4. The van der Waals surface area contributed by atoms with E-state index >= 15 is 0 Å². The van der Waals surface area contributed by atoms with Crippen molar-refractivity contribution in [2.24, 2.45) is 7.05 Å². The fourth-order valence-electron chi connectivity index (χ4n) is 2.86. The number of carbonyl (C=O) groups excluding carboxylic acids is 1. The number of furan rings is 1. The predicted octanol–water partition coefficient (Wildman–Crippen LogP) is 1.39. The first kappa shape index (κ1) is 15.1. The molecule has 9 nitrogen and oxygen atoms in total. The van der Waals surface area contributed by atoms with Crippen molar-refractivity contribution < 1.29 is 14.1 Å². The van der Waals surface area contributed by atoms with E-state index in [4.69, 9.17) is 4.42 Å². The highest BCUT2D eigenvalue weighted by Crippen LogP contribution is 2.32. The molecule has 0 N–H and O–H groups in total. The van der Waals surface area contributed by atoms with E-state index < -0.39 is 4.92 Å². The van der Waals surface area contributed by atoms with Crippen LogP contribution < -0.4 is 9.80 Å². The quantitative estimate of drug-likeness (QED) is 0.626. The predicted molar refractivity (Wildman–Crippen MR) is 82.6 cm³/mol. The van der Waals surface area contributed by atoms with Crippen molar-refractivity contribution in [2.45, 2.75) is 13.8 Å². The van der Waals surface area contributed by atoms with Gasteiger partial charge in [0.2, 0.25) is 17.6 Å². The van der Waals surface area contributed by atoms with E-state index in [0.717, 1.165) is 5.76 Å². The van der Waals surface area contributed by atoms with Crippen LogP contribution in [0.2, 0.25) is 0 Å². The Morgan fingerprint density at radius 3 is 2.61 bits per heavy atom. The van der Waals surface area contributed by atoms with Gasteiger partial charge < -0.3 is 9.32 Å². The molecule has 0 bridgehead atoms. The van der Waals surface area contributed by atoms with Gasteiger partial charge in [0, 0.05) is 26.2 Å². The van der Waals surface area contributed by atoms with Crippen molar-refractivity contribution in [2.75, 3.05) is 29.4 Å². The fourth-order valence-corrected chi connectivity index (χ4v) is 2.86. The lowest BCUT2D eigenvalue weighted by atomic mass is 10.2. The van der Waals surface area contributed by atoms with Gasteiger partial charge in [-0.1, -0.05) is 0 Å². The Balaban J connectivity index is 1.86. The van der Waals surface area contributed by atoms with Crippen LogP contribution in [0.15, 0.2) is 16.5 Å². The number of amides is 1. The Kier molecular flexibility index (Phi) is 3.55. The molecule has 1 fully saturated rings. The summed E-state index contributed by atoms with van der Waals surface area (Å²) in [5.74, 6) is 1.42. The van der Waals surface area contributed by atoms with Gasteiger partial charge in [-0.05, 0) is 19.9 Å². The molecule has 23 heavy (non-hydrogen) atoms. The Labute approximate surface area is 132 Å². The van der Waals surface area contributed by atoms with E-state index in [1.165, 1.54) is 4.68 Å². The zero-order chi connectivity index (χ0) is 16.7. The summed E-state index contributed by atoms with van der Waals surface area (Å²) in [5.41, 5.74) is 0.284. The van der Waals surface area contributed by atoms with Gasteiger partial charge in [0.05, 0.1) is 11.5 Å². The Morgan fingerprint density at radius 2 is 2.04 bits per heavy atom. The summed E-state index contributed by atoms with van der Waals surface area (Å²) in [5, 5.41) is 15.4. The lowest BCUT2D eigenvalue weighted by Crippen LogP contribution is -2.51. The SMILES string of the molecule is Cc1ccc(N2CCN(c3c([N+](=O)[O-])c(C)nn3C)CC2=O)o1. The molecule has 0 atom stereocenters. The normalized spacial score (nSPS) is 15.3. The number of anilines is 2. The Bertz CT molecular complexity index is 778. The number of rotatable bonds is 3. The second kappa shape index (κ2) is 5.41. The average Bonchev–Trinajstić information content (AvgIpc) is 3.01. The molecule has 0 aliphatic carbocycles. The van der Waals surface area contributed by atoms with Gasteiger partial charge >= 0.3 is 5.69 Å². The van der Waals surface area contributed by atoms with E-state index in [9.17, 15) is 14.9 Å². The molecule has 0 radical (unpaired) electrons. The first-order valence-corrected chi connectivity index (χ1v) is 7.18. The lowest BCUT2D eigenvalue weighted by molar-refractivity contribution is -0.384. The van der Waals surface area contributed by atoms with Crippen molar-refractivity contribution in [1.82, 2.24) is 9.78 Å². The highest BCUT2D eigenvalue weighted by atomic mass is 16.6. The van der Waals surface area contributed by atoms with Crippen molar-refractivity contribution in [3.8, 4) is 0 Å². The molecular weight excluding hydrogens is 302 g/mol. The number of carbonyl (C=O) groups is 1. The van der Waals surface area contributed by atoms with E-state index in [1.54, 1.807) is 35.9 Å². The van der Waals surface area contributed by atoms with Crippen LogP contribution in [0, 0.1) is 24.0 Å². The number of piperazine rings is 1. The molecule has 1 saturated heterocycles. The standard InChI is InChI=1S/C14H17N5O4/c1-9-4-5-12(23-9)18-7-6-17(8-11(18)20)14-13(19(21)22)10(2)15-16(14)3/h4-5H,6-8H2,1-3H3. The third kappa shape index (κ3) is 2.54. The van der Waals surface area contributed by atoms with Crippen LogP contribution in [-0.2, 0) is 11.8 Å². The van der Waals surface area contributed by atoms with Crippen molar-refractivity contribution in [1.29, 1.82) is 0 Å². The second-order valence-corrected chi connectivity index (χ2v) is 5.49. The van der Waals surface area contributed by atoms with Crippen molar-refractivity contribution >= 4 is 23.3 Å². The van der Waals surface area contributed by atoms with Crippen LogP contribution in [0.4, 0.5) is 17.4 Å². The van der Waals surface area contributed by atoms with Crippen LogP contribution in [-0.4, -0.2) is 40.2 Å². The maximum Gasteiger partial charge on any atom is 0.333 e. The van der Waals surface area contributed by atoms with E-state index in [2.05, 4.69) is 5.10 Å². The second-order valence-electron chi connectivity index (χ2n) is 5.49. The minimum Gasteiger partial charge on any atom is -0.445 e. The van der Waals surface area contributed by atoms with Gasteiger partial charge in [-0.3, -0.25) is 19.8 Å². The highest BCUT2D eigenvalue weighted by molar-refractivity contribution is 5.96. The smallest absolute Gasteiger partial charge is 0.333 e. The average molecular weight is 319 g/mol. The topological polar surface area (TPSA) is 97.6 Å². The Hall–Kier alpha value is -2.84. The third-order valence-electron chi connectivity index (χ3n) is 3.86. The molecule has 2 aromatic heterocycles. The summed E-state index contributed by atoms with van der Waals surface area (Å²) in [6.07, 6.45) is 0. The van der Waals surface area contributed by atoms with Crippen LogP contribution in [0.3, 0.4) is 0 Å². The fraction of sp³-hybridized carbons (Fsp3) is 0.429. The first-order chi connectivity index (χ1) is 10.9. The van der Waals surface area contributed by atoms with Crippen LogP contribution in [0.5, 0.6) is 0 Å². The van der Waals surface area contributed by atoms with E-state index in [1.807, 2.05) is 6.92 Å². The van der Waals surface area contributed by atoms with Gasteiger partial charge in [-0.15, -0.1) is 0 Å². The molecule has 1 aliphatic rings. The summed E-state index contributed by atoms with van der Waals surface area (Å²) in [4.78, 5) is 26.5. The number of hydrogen-bond donors (Lipinski definition) is 0. The number of nitro groups is 1. The summed E-state index contributed by atoms with van der Waals surface area (Å²) >= 11 is 0. The molecule has 0 aromatic carbocycles. The van der Waals surface area contributed by atoms with E-state index in [0.29, 0.717) is 30.5 Å². The molecular formula is C14H17N5O4. The van der Waals surface area contributed by atoms with Crippen LogP contribution in [0.1, 0.15) is 11.5 Å². The van der Waals surface area contributed by atoms with Gasteiger partial charge in [-0.2, -0.15) is 5.10 Å². The molecule has 9 heteroatoms. The molecule has 0 unspecified atom stereocenters. The summed E-state index contributed by atoms with van der Waals surface area (Å²) in [7, 11) is 1.64. The molecule has 1 aliphatic heterocycles. The minimum absolute atomic E-state index is 0.0412. The number of nitrogens with zero attached hydrogens (tertiary/aromatic N) is 5. The monoisotopic (exact) mass is 319 g/mol.